The number of rotatable bonds is 9. The van der Waals surface area contributed by atoms with Gasteiger partial charge < -0.3 is 25.5 Å². The van der Waals surface area contributed by atoms with E-state index in [4.69, 9.17) is 10.5 Å². The molecule has 210 valence electrons. The number of nitrogens with one attached hydrogen (secondary N) is 1. The number of nitrogens with zero attached hydrogens (tertiary/aromatic N) is 2. The van der Waals surface area contributed by atoms with Crippen LogP contribution in [0.5, 0.6) is 11.5 Å². The van der Waals surface area contributed by atoms with E-state index in [9.17, 15) is 23.9 Å². The van der Waals surface area contributed by atoms with E-state index in [2.05, 4.69) is 10.3 Å². The number of ether oxygens (including phenoxy) is 1. The highest BCUT2D eigenvalue weighted by atomic mass is 19.1. The molecule has 1 fully saturated rings. The van der Waals surface area contributed by atoms with Crippen LogP contribution in [0.2, 0.25) is 0 Å². The van der Waals surface area contributed by atoms with Gasteiger partial charge in [-0.3, -0.25) is 19.4 Å². The van der Waals surface area contributed by atoms with Crippen molar-refractivity contribution in [1.82, 2.24) is 9.55 Å². The van der Waals surface area contributed by atoms with E-state index in [1.807, 2.05) is 13.8 Å². The first-order valence-electron chi connectivity index (χ1n) is 13.1. The van der Waals surface area contributed by atoms with Crippen molar-refractivity contribution in [2.75, 3.05) is 11.9 Å². The topological polar surface area (TPSA) is 137 Å². The number of halogens is 1. The normalized spacial score (nSPS) is 13.5. The van der Waals surface area contributed by atoms with E-state index < -0.39 is 28.5 Å². The molecule has 9 nitrogen and oxygen atoms in total. The van der Waals surface area contributed by atoms with E-state index in [0.29, 0.717) is 41.3 Å². The Hall–Kier alpha value is -4.83. The highest BCUT2D eigenvalue weighted by molar-refractivity contribution is 6.05. The molecule has 5 rings (SSSR count). The van der Waals surface area contributed by atoms with Crippen molar-refractivity contribution >= 4 is 17.5 Å². The average molecular weight is 557 g/mol. The van der Waals surface area contributed by atoms with Gasteiger partial charge in [0.05, 0.1) is 17.7 Å². The fourth-order valence-electron chi connectivity index (χ4n) is 4.72. The van der Waals surface area contributed by atoms with Crippen LogP contribution in [0.25, 0.3) is 11.1 Å². The molecule has 2 heterocycles. The van der Waals surface area contributed by atoms with Gasteiger partial charge in [0.2, 0.25) is 11.3 Å². The van der Waals surface area contributed by atoms with Gasteiger partial charge in [-0.2, -0.15) is 0 Å². The minimum atomic E-state index is -0.734. The summed E-state index contributed by atoms with van der Waals surface area (Å²) in [7, 11) is 0. The number of carbonyl (C=O) groups excluding carboxylic acids is 2. The minimum absolute atomic E-state index is 0.120. The summed E-state index contributed by atoms with van der Waals surface area (Å²) in [6.07, 6.45) is 5.81. The highest BCUT2D eigenvalue weighted by Crippen LogP contribution is 2.47. The summed E-state index contributed by atoms with van der Waals surface area (Å²) < 4.78 is 21.1. The van der Waals surface area contributed by atoms with Crippen molar-refractivity contribution in [2.45, 2.75) is 38.6 Å². The fourth-order valence-corrected chi connectivity index (χ4v) is 4.72. The molecule has 1 aliphatic carbocycles. The highest BCUT2D eigenvalue weighted by Gasteiger charge is 2.51. The van der Waals surface area contributed by atoms with E-state index in [1.165, 1.54) is 36.7 Å². The predicted molar refractivity (Wildman–Crippen MR) is 151 cm³/mol. The molecule has 1 saturated carbocycles. The first kappa shape index (κ1) is 27.7. The smallest absolute Gasteiger partial charge is 0.261 e. The second-order valence-electron chi connectivity index (χ2n) is 10.1. The van der Waals surface area contributed by atoms with Crippen molar-refractivity contribution in [3.63, 3.8) is 0 Å². The number of aromatic nitrogens is 2. The Labute approximate surface area is 235 Å². The number of anilines is 1. The molecule has 4 aromatic rings. The van der Waals surface area contributed by atoms with E-state index >= 15 is 0 Å². The zero-order valence-electron chi connectivity index (χ0n) is 22.6. The summed E-state index contributed by atoms with van der Waals surface area (Å²) in [5.41, 5.74) is 7.43. The Morgan fingerprint density at radius 3 is 2.49 bits per heavy atom. The molecule has 0 saturated heterocycles. The monoisotopic (exact) mass is 556 g/mol. The molecule has 2 aromatic carbocycles. The van der Waals surface area contributed by atoms with Gasteiger partial charge in [0.15, 0.2) is 0 Å². The summed E-state index contributed by atoms with van der Waals surface area (Å²) in [6, 6.07) is 12.2. The van der Waals surface area contributed by atoms with Crippen LogP contribution < -0.4 is 21.2 Å². The molecule has 10 heteroatoms. The Bertz CT molecular complexity index is 1710. The van der Waals surface area contributed by atoms with Crippen LogP contribution in [0, 0.1) is 19.7 Å². The average Bonchev–Trinajstić information content (AvgIpc) is 3.77. The van der Waals surface area contributed by atoms with Gasteiger partial charge in [-0.15, -0.1) is 0 Å². The number of amides is 2. The van der Waals surface area contributed by atoms with Crippen LogP contribution in [-0.2, 0) is 16.8 Å². The van der Waals surface area contributed by atoms with Gasteiger partial charge in [-0.05, 0) is 73.7 Å². The molecular weight excluding hydrogens is 527 g/mol. The lowest BCUT2D eigenvalue weighted by Crippen LogP contribution is -2.29. The Balaban J connectivity index is 1.41. The van der Waals surface area contributed by atoms with Gasteiger partial charge in [0.25, 0.3) is 5.91 Å². The fraction of sp³-hybridized carbons (Fsp3) is 0.226. The number of aliphatic hydroxyl groups excluding tert-OH is 1. The maximum atomic E-state index is 13.5. The number of nitrogens with two attached hydrogens (primary N) is 1. The number of pyridine rings is 2. The molecule has 0 aliphatic heterocycles. The molecule has 2 aromatic heterocycles. The van der Waals surface area contributed by atoms with Crippen LogP contribution in [0.3, 0.4) is 0 Å². The lowest BCUT2D eigenvalue weighted by molar-refractivity contribution is -0.120. The molecule has 0 unspecified atom stereocenters. The van der Waals surface area contributed by atoms with E-state index in [0.717, 1.165) is 11.1 Å². The van der Waals surface area contributed by atoms with Crippen LogP contribution in [-0.4, -0.2) is 33.1 Å². The molecule has 0 atom stereocenters. The summed E-state index contributed by atoms with van der Waals surface area (Å²) in [5.74, 6) is -0.421. The van der Waals surface area contributed by atoms with Gasteiger partial charge in [-0.25, -0.2) is 4.39 Å². The third-order valence-corrected chi connectivity index (χ3v) is 7.49. The molecule has 4 N–H and O–H groups in total. The molecule has 2 amide bonds. The van der Waals surface area contributed by atoms with Gasteiger partial charge in [0.1, 0.15) is 22.9 Å². The molecule has 0 radical (unpaired) electrons. The Morgan fingerprint density at radius 2 is 1.83 bits per heavy atom. The molecule has 41 heavy (non-hydrogen) atoms. The number of hydrogen-bond donors (Lipinski definition) is 3. The lowest BCUT2D eigenvalue weighted by atomic mass is 10.0. The molecule has 0 bridgehead atoms. The minimum Gasteiger partial charge on any atom is -0.457 e. The van der Waals surface area contributed by atoms with Gasteiger partial charge in [-0.1, -0.05) is 12.1 Å². The van der Waals surface area contributed by atoms with Crippen molar-refractivity contribution in [3.8, 4) is 22.6 Å². The second kappa shape index (κ2) is 11.0. The quantitative estimate of drug-likeness (QED) is 0.282. The maximum Gasteiger partial charge on any atom is 0.261 e. The summed E-state index contributed by atoms with van der Waals surface area (Å²) in [6.45, 7) is 3.63. The number of hydrogen-bond acceptors (Lipinski definition) is 6. The van der Waals surface area contributed by atoms with Crippen molar-refractivity contribution in [3.05, 3.63) is 106 Å². The van der Waals surface area contributed by atoms with Crippen molar-refractivity contribution in [1.29, 1.82) is 0 Å². The van der Waals surface area contributed by atoms with Crippen molar-refractivity contribution in [2.24, 2.45) is 5.73 Å². The SMILES string of the molecule is Cc1c(NC(=O)c2cn(CCO)cc(-c3ccc(F)cc3)c2=O)ccc(Oc2ccnc(C3(C(N)=O)CC3)c2)c1C. The lowest BCUT2D eigenvalue weighted by Gasteiger charge is -2.17. The molecule has 1 aliphatic rings. The van der Waals surface area contributed by atoms with Crippen LogP contribution >= 0.6 is 0 Å². The van der Waals surface area contributed by atoms with E-state index in [-0.39, 0.29) is 24.3 Å². The third-order valence-electron chi connectivity index (χ3n) is 7.49. The van der Waals surface area contributed by atoms with Gasteiger partial charge >= 0.3 is 0 Å². The van der Waals surface area contributed by atoms with Crippen LogP contribution in [0.1, 0.15) is 40.0 Å². The first-order chi connectivity index (χ1) is 19.6. The zero-order valence-corrected chi connectivity index (χ0v) is 22.6. The van der Waals surface area contributed by atoms with E-state index in [1.54, 1.807) is 35.0 Å². The Morgan fingerprint density at radius 1 is 1.10 bits per heavy atom. The summed E-state index contributed by atoms with van der Waals surface area (Å²) in [4.78, 5) is 42.9. The zero-order chi connectivity index (χ0) is 29.3. The summed E-state index contributed by atoms with van der Waals surface area (Å²) >= 11 is 0. The standard InChI is InChI=1S/C31H29FN4O5/c1-18-19(2)26(41-22-9-12-34-27(15-22)31(10-11-31)30(33)40)8-7-25(18)35-29(39)24-17-36(13-14-37)16-23(28(24)38)20-3-5-21(32)6-4-20/h3-9,12,15-17,37H,10-11,13-14H2,1-2H3,(H2,33,40)(H,35,39). The molecule has 0 spiro atoms. The maximum absolute atomic E-state index is 13.5. The van der Waals surface area contributed by atoms with Gasteiger partial charge in [0, 0.05) is 42.5 Å². The number of benzene rings is 2. The Kier molecular flexibility index (Phi) is 7.42. The van der Waals surface area contributed by atoms with Crippen LogP contribution in [0.15, 0.2) is 71.9 Å². The first-order valence-corrected chi connectivity index (χ1v) is 13.1. The molecular formula is C31H29FN4O5. The van der Waals surface area contributed by atoms with Crippen molar-refractivity contribution < 1.29 is 23.8 Å². The predicted octanol–water partition coefficient (Wildman–Crippen LogP) is 4.22. The number of carbonyl (C=O) groups is 2. The number of aliphatic hydroxyl groups is 1. The number of primary amides is 1. The summed E-state index contributed by atoms with van der Waals surface area (Å²) in [5, 5.41) is 12.3. The largest absolute Gasteiger partial charge is 0.457 e. The second-order valence-corrected chi connectivity index (χ2v) is 10.1. The van der Waals surface area contributed by atoms with Crippen LogP contribution in [0.4, 0.5) is 10.1 Å². The third kappa shape index (κ3) is 5.46.